The Morgan fingerprint density at radius 3 is 2.60 bits per heavy atom. The first-order valence-electron chi connectivity index (χ1n) is 9.01. The minimum atomic E-state index is -0.0484. The van der Waals surface area contributed by atoms with Crippen molar-refractivity contribution in [3.05, 3.63) is 40.8 Å². The van der Waals surface area contributed by atoms with Crippen LogP contribution in [-0.2, 0) is 0 Å². The van der Waals surface area contributed by atoms with E-state index in [0.29, 0.717) is 17.3 Å². The van der Waals surface area contributed by atoms with Gasteiger partial charge in [0.15, 0.2) is 0 Å². The van der Waals surface area contributed by atoms with Crippen LogP contribution in [0, 0.1) is 5.92 Å². The number of benzene rings is 1. The standard InChI is InChI=1S/C20H28N2O2.ClH/c1-14(2)13-22(3)16-4-6-17(7-5-16)24-18-8-9-19-15(12-18)10-11-21-20(19)23;/h8-12,14,16-17H,4-7,13H2,1-3H3,(H,21,23);1H. The van der Waals surface area contributed by atoms with Crippen LogP contribution in [0.15, 0.2) is 35.3 Å². The summed E-state index contributed by atoms with van der Waals surface area (Å²) in [5.41, 5.74) is -0.0484. The predicted octanol–water partition coefficient (Wildman–Crippen LogP) is 4.23. The summed E-state index contributed by atoms with van der Waals surface area (Å²) in [5.74, 6) is 1.58. The minimum absolute atomic E-state index is 0. The van der Waals surface area contributed by atoms with Crippen molar-refractivity contribution in [3.8, 4) is 5.75 Å². The number of halogens is 1. The van der Waals surface area contributed by atoms with Crippen LogP contribution in [0.3, 0.4) is 0 Å². The van der Waals surface area contributed by atoms with Crippen molar-refractivity contribution in [1.29, 1.82) is 0 Å². The molecule has 25 heavy (non-hydrogen) atoms. The monoisotopic (exact) mass is 364 g/mol. The van der Waals surface area contributed by atoms with Crippen LogP contribution in [0.1, 0.15) is 39.5 Å². The molecule has 0 aliphatic heterocycles. The van der Waals surface area contributed by atoms with Crippen molar-refractivity contribution in [3.63, 3.8) is 0 Å². The lowest BCUT2D eigenvalue weighted by atomic mass is 9.91. The van der Waals surface area contributed by atoms with Gasteiger partial charge in [0.1, 0.15) is 5.75 Å². The zero-order valence-corrected chi connectivity index (χ0v) is 16.1. The van der Waals surface area contributed by atoms with Gasteiger partial charge in [0.05, 0.1) is 6.10 Å². The van der Waals surface area contributed by atoms with Crippen LogP contribution in [0.2, 0.25) is 0 Å². The maximum atomic E-state index is 11.8. The molecule has 4 nitrogen and oxygen atoms in total. The van der Waals surface area contributed by atoms with E-state index >= 15 is 0 Å². The van der Waals surface area contributed by atoms with Crippen LogP contribution in [0.5, 0.6) is 5.75 Å². The van der Waals surface area contributed by atoms with Gasteiger partial charge in [0.25, 0.3) is 5.56 Å². The van der Waals surface area contributed by atoms with E-state index in [0.717, 1.165) is 30.5 Å². The van der Waals surface area contributed by atoms with Crippen molar-refractivity contribution in [1.82, 2.24) is 9.88 Å². The molecule has 0 saturated heterocycles. The quantitative estimate of drug-likeness (QED) is 0.863. The van der Waals surface area contributed by atoms with E-state index in [1.54, 1.807) is 6.20 Å². The Labute approximate surface area is 156 Å². The zero-order valence-electron chi connectivity index (χ0n) is 15.3. The second-order valence-electron chi connectivity index (χ2n) is 7.44. The van der Waals surface area contributed by atoms with E-state index in [-0.39, 0.29) is 24.1 Å². The van der Waals surface area contributed by atoms with E-state index in [1.165, 1.54) is 12.8 Å². The molecule has 1 aromatic carbocycles. The molecule has 0 atom stereocenters. The summed E-state index contributed by atoms with van der Waals surface area (Å²) in [6.45, 7) is 5.71. The summed E-state index contributed by atoms with van der Waals surface area (Å²) in [4.78, 5) is 17.0. The normalized spacial score (nSPS) is 20.7. The van der Waals surface area contributed by atoms with Crippen LogP contribution >= 0.6 is 12.4 Å². The third-order valence-electron chi connectivity index (χ3n) is 4.97. The number of ether oxygens (including phenoxy) is 1. The number of fused-ring (bicyclic) bond motifs is 1. The summed E-state index contributed by atoms with van der Waals surface area (Å²) >= 11 is 0. The molecule has 0 radical (unpaired) electrons. The molecule has 0 spiro atoms. The second-order valence-corrected chi connectivity index (χ2v) is 7.44. The fraction of sp³-hybridized carbons (Fsp3) is 0.550. The van der Waals surface area contributed by atoms with Gasteiger partial charge in [-0.05, 0) is 68.3 Å². The number of nitrogens with one attached hydrogen (secondary N) is 1. The zero-order chi connectivity index (χ0) is 17.1. The molecule has 0 bridgehead atoms. The highest BCUT2D eigenvalue weighted by Crippen LogP contribution is 2.27. The average molecular weight is 365 g/mol. The van der Waals surface area contributed by atoms with Gasteiger partial charge in [-0.25, -0.2) is 0 Å². The Morgan fingerprint density at radius 1 is 1.20 bits per heavy atom. The third kappa shape index (κ3) is 4.99. The lowest BCUT2D eigenvalue weighted by molar-refractivity contribution is 0.0957. The molecule has 3 rings (SSSR count). The fourth-order valence-electron chi connectivity index (χ4n) is 3.77. The first-order valence-corrected chi connectivity index (χ1v) is 9.01. The third-order valence-corrected chi connectivity index (χ3v) is 4.97. The number of aromatic nitrogens is 1. The van der Waals surface area contributed by atoms with E-state index < -0.39 is 0 Å². The lowest BCUT2D eigenvalue weighted by Crippen LogP contribution is -2.39. The van der Waals surface area contributed by atoms with Gasteiger partial charge >= 0.3 is 0 Å². The molecule has 1 aromatic heterocycles. The highest BCUT2D eigenvalue weighted by molar-refractivity contribution is 5.85. The van der Waals surface area contributed by atoms with Crippen LogP contribution in [0.25, 0.3) is 10.8 Å². The number of hydrogen-bond donors (Lipinski definition) is 1. The summed E-state index contributed by atoms with van der Waals surface area (Å²) in [6, 6.07) is 8.34. The molecular weight excluding hydrogens is 336 g/mol. The van der Waals surface area contributed by atoms with Crippen LogP contribution in [0.4, 0.5) is 0 Å². The van der Waals surface area contributed by atoms with Gasteiger partial charge < -0.3 is 14.6 Å². The van der Waals surface area contributed by atoms with Crippen molar-refractivity contribution >= 4 is 23.2 Å². The summed E-state index contributed by atoms with van der Waals surface area (Å²) in [6.07, 6.45) is 6.56. The number of aromatic amines is 1. The van der Waals surface area contributed by atoms with Crippen molar-refractivity contribution in [2.24, 2.45) is 5.92 Å². The van der Waals surface area contributed by atoms with Gasteiger partial charge in [-0.1, -0.05) is 13.8 Å². The first-order chi connectivity index (χ1) is 11.5. The van der Waals surface area contributed by atoms with E-state index in [1.807, 2.05) is 24.3 Å². The molecule has 5 heteroatoms. The molecule has 1 heterocycles. The second kappa shape index (κ2) is 8.72. The Hall–Kier alpha value is -1.52. The Morgan fingerprint density at radius 2 is 1.92 bits per heavy atom. The number of hydrogen-bond acceptors (Lipinski definition) is 3. The smallest absolute Gasteiger partial charge is 0.255 e. The maximum absolute atomic E-state index is 11.8. The molecule has 2 aromatic rings. The van der Waals surface area contributed by atoms with Gasteiger partial charge in [-0.3, -0.25) is 4.79 Å². The number of rotatable bonds is 5. The average Bonchev–Trinajstić information content (AvgIpc) is 2.55. The Balaban J connectivity index is 0.00000225. The predicted molar refractivity (Wildman–Crippen MR) is 106 cm³/mol. The minimum Gasteiger partial charge on any atom is -0.490 e. The number of pyridine rings is 1. The molecule has 0 amide bonds. The molecule has 1 aliphatic rings. The topological polar surface area (TPSA) is 45.3 Å². The Bertz CT molecular complexity index is 736. The molecule has 0 unspecified atom stereocenters. The van der Waals surface area contributed by atoms with E-state index in [9.17, 15) is 4.79 Å². The Kier molecular flexibility index (Phi) is 6.91. The van der Waals surface area contributed by atoms with Gasteiger partial charge in [0, 0.05) is 24.2 Å². The van der Waals surface area contributed by atoms with Crippen LogP contribution < -0.4 is 10.3 Å². The maximum Gasteiger partial charge on any atom is 0.255 e. The fourth-order valence-corrected chi connectivity index (χ4v) is 3.77. The van der Waals surface area contributed by atoms with Gasteiger partial charge in [-0.15, -0.1) is 12.4 Å². The highest BCUT2D eigenvalue weighted by Gasteiger charge is 2.25. The first kappa shape index (κ1) is 19.8. The summed E-state index contributed by atoms with van der Waals surface area (Å²) in [7, 11) is 2.24. The van der Waals surface area contributed by atoms with Gasteiger partial charge in [0.2, 0.25) is 0 Å². The highest BCUT2D eigenvalue weighted by atomic mass is 35.5. The molecular formula is C20H29ClN2O2. The van der Waals surface area contributed by atoms with Crippen molar-refractivity contribution < 1.29 is 4.74 Å². The SMILES string of the molecule is CC(C)CN(C)C1CCC(Oc2ccc3c(=O)[nH]ccc3c2)CC1.Cl. The molecule has 1 aliphatic carbocycles. The van der Waals surface area contributed by atoms with Crippen molar-refractivity contribution in [2.75, 3.05) is 13.6 Å². The number of H-pyrrole nitrogens is 1. The van der Waals surface area contributed by atoms with Crippen molar-refractivity contribution in [2.45, 2.75) is 51.7 Å². The summed E-state index contributed by atoms with van der Waals surface area (Å²) in [5, 5.41) is 1.64. The number of nitrogens with zero attached hydrogens (tertiary/aromatic N) is 1. The molecule has 138 valence electrons. The molecule has 1 fully saturated rings. The largest absolute Gasteiger partial charge is 0.490 e. The van der Waals surface area contributed by atoms with Crippen LogP contribution in [-0.4, -0.2) is 35.6 Å². The van der Waals surface area contributed by atoms with Gasteiger partial charge in [-0.2, -0.15) is 0 Å². The molecule has 1 N–H and O–H groups in total. The molecule has 1 saturated carbocycles. The summed E-state index contributed by atoms with van der Waals surface area (Å²) < 4.78 is 6.18. The lowest BCUT2D eigenvalue weighted by Gasteiger charge is -2.35. The van der Waals surface area contributed by atoms with E-state index in [4.69, 9.17) is 4.74 Å². The van der Waals surface area contributed by atoms with E-state index in [2.05, 4.69) is 30.8 Å².